The van der Waals surface area contributed by atoms with Crippen molar-refractivity contribution < 1.29 is 9.90 Å². The first-order chi connectivity index (χ1) is 5.70. The van der Waals surface area contributed by atoms with E-state index in [0.29, 0.717) is 6.54 Å². The summed E-state index contributed by atoms with van der Waals surface area (Å²) >= 11 is 1.71. The Morgan fingerprint density at radius 1 is 1.92 bits per heavy atom. The molecule has 0 bridgehead atoms. The average Bonchev–Trinajstić information content (AvgIpc) is 2.51. The number of amides is 1. The largest absolute Gasteiger partial charge is 0.392 e. The van der Waals surface area contributed by atoms with Crippen LogP contribution in [0.4, 0.5) is 0 Å². The summed E-state index contributed by atoms with van der Waals surface area (Å²) in [6.07, 6.45) is -0.469. The van der Waals surface area contributed by atoms with Crippen molar-refractivity contribution in [2.75, 3.05) is 18.2 Å². The van der Waals surface area contributed by atoms with Crippen molar-refractivity contribution in [2.24, 2.45) is 0 Å². The van der Waals surface area contributed by atoms with Crippen LogP contribution in [0.5, 0.6) is 0 Å². The fourth-order valence-electron chi connectivity index (χ4n) is 0.935. The zero-order chi connectivity index (χ0) is 8.97. The standard InChI is InChI=1S/C7H14N2O2S/c1-5(10)2-8-7(11)6-3-12-4-9-6/h5-6,9-10H,2-4H2,1H3,(H,8,11). The Balaban J connectivity index is 2.18. The molecule has 0 aromatic rings. The van der Waals surface area contributed by atoms with Crippen LogP contribution >= 0.6 is 11.8 Å². The molecule has 2 unspecified atom stereocenters. The second-order valence-electron chi connectivity index (χ2n) is 2.87. The number of thioether (sulfide) groups is 1. The van der Waals surface area contributed by atoms with E-state index >= 15 is 0 Å². The first-order valence-corrected chi connectivity index (χ1v) is 5.12. The van der Waals surface area contributed by atoms with Gasteiger partial charge in [0.15, 0.2) is 0 Å². The number of nitrogens with one attached hydrogen (secondary N) is 2. The van der Waals surface area contributed by atoms with E-state index in [-0.39, 0.29) is 11.9 Å². The molecule has 0 radical (unpaired) electrons. The monoisotopic (exact) mass is 190 g/mol. The quantitative estimate of drug-likeness (QED) is 0.542. The molecule has 1 fully saturated rings. The molecule has 0 aromatic heterocycles. The van der Waals surface area contributed by atoms with Crippen molar-refractivity contribution in [1.82, 2.24) is 10.6 Å². The van der Waals surface area contributed by atoms with Gasteiger partial charge in [0, 0.05) is 18.2 Å². The highest BCUT2D eigenvalue weighted by Crippen LogP contribution is 2.08. The third-order valence-electron chi connectivity index (χ3n) is 1.60. The zero-order valence-electron chi connectivity index (χ0n) is 7.04. The molecular weight excluding hydrogens is 176 g/mol. The average molecular weight is 190 g/mol. The zero-order valence-corrected chi connectivity index (χ0v) is 7.86. The first kappa shape index (κ1) is 9.83. The highest BCUT2D eigenvalue weighted by molar-refractivity contribution is 7.99. The summed E-state index contributed by atoms with van der Waals surface area (Å²) in [5.41, 5.74) is 0. The lowest BCUT2D eigenvalue weighted by atomic mass is 10.3. The van der Waals surface area contributed by atoms with Crippen molar-refractivity contribution >= 4 is 17.7 Å². The minimum absolute atomic E-state index is 0.0131. The van der Waals surface area contributed by atoms with Gasteiger partial charge in [0.05, 0.1) is 12.1 Å². The lowest BCUT2D eigenvalue weighted by Gasteiger charge is -2.11. The molecule has 0 saturated carbocycles. The molecule has 1 aliphatic rings. The Bertz CT molecular complexity index is 157. The van der Waals surface area contributed by atoms with Crippen molar-refractivity contribution in [2.45, 2.75) is 19.1 Å². The molecule has 4 nitrogen and oxygen atoms in total. The van der Waals surface area contributed by atoms with Gasteiger partial charge in [0.1, 0.15) is 0 Å². The summed E-state index contributed by atoms with van der Waals surface area (Å²) in [7, 11) is 0. The number of aliphatic hydroxyl groups excluding tert-OH is 1. The van der Waals surface area contributed by atoms with E-state index in [1.165, 1.54) is 0 Å². The third kappa shape index (κ3) is 3.00. The van der Waals surface area contributed by atoms with Crippen LogP contribution in [0.1, 0.15) is 6.92 Å². The number of rotatable bonds is 3. The predicted molar refractivity (Wildman–Crippen MR) is 48.9 cm³/mol. The first-order valence-electron chi connectivity index (χ1n) is 3.97. The van der Waals surface area contributed by atoms with Crippen molar-refractivity contribution in [3.8, 4) is 0 Å². The third-order valence-corrected chi connectivity index (χ3v) is 2.54. The highest BCUT2D eigenvalue weighted by atomic mass is 32.2. The lowest BCUT2D eigenvalue weighted by molar-refractivity contribution is -0.122. The molecule has 1 heterocycles. The number of carbonyl (C=O) groups excluding carboxylic acids is 1. The summed E-state index contributed by atoms with van der Waals surface area (Å²) in [4.78, 5) is 11.3. The normalized spacial score (nSPS) is 25.3. The van der Waals surface area contributed by atoms with Crippen LogP contribution < -0.4 is 10.6 Å². The van der Waals surface area contributed by atoms with Crippen LogP contribution in [0.25, 0.3) is 0 Å². The van der Waals surface area contributed by atoms with Gasteiger partial charge in [-0.15, -0.1) is 11.8 Å². The van der Waals surface area contributed by atoms with Crippen LogP contribution in [0.3, 0.4) is 0 Å². The van der Waals surface area contributed by atoms with Gasteiger partial charge in [-0.05, 0) is 6.92 Å². The smallest absolute Gasteiger partial charge is 0.238 e. The molecular formula is C7H14N2O2S. The summed E-state index contributed by atoms with van der Waals surface area (Å²) in [5, 5.41) is 14.6. The molecule has 1 rings (SSSR count). The maximum Gasteiger partial charge on any atom is 0.238 e. The molecule has 0 aliphatic carbocycles. The summed E-state index contributed by atoms with van der Waals surface area (Å²) in [6.45, 7) is 1.98. The van der Waals surface area contributed by atoms with Gasteiger partial charge in [-0.1, -0.05) is 0 Å². The van der Waals surface area contributed by atoms with Gasteiger partial charge in [0.2, 0.25) is 5.91 Å². The van der Waals surface area contributed by atoms with Gasteiger partial charge in [-0.3, -0.25) is 10.1 Å². The summed E-state index contributed by atoms with van der Waals surface area (Å²) in [6, 6.07) is -0.0752. The molecule has 5 heteroatoms. The SMILES string of the molecule is CC(O)CNC(=O)C1CSCN1. The summed E-state index contributed by atoms with van der Waals surface area (Å²) < 4.78 is 0. The van der Waals surface area contributed by atoms with Gasteiger partial charge in [0.25, 0.3) is 0 Å². The molecule has 70 valence electrons. The van der Waals surface area contributed by atoms with E-state index in [0.717, 1.165) is 11.6 Å². The highest BCUT2D eigenvalue weighted by Gasteiger charge is 2.21. The predicted octanol–water partition coefficient (Wildman–Crippen LogP) is -0.854. The van der Waals surface area contributed by atoms with E-state index in [1.807, 2.05) is 0 Å². The lowest BCUT2D eigenvalue weighted by Crippen LogP contribution is -2.44. The van der Waals surface area contributed by atoms with Crippen molar-refractivity contribution in [1.29, 1.82) is 0 Å². The number of hydrogen-bond donors (Lipinski definition) is 3. The minimum atomic E-state index is -0.469. The maximum atomic E-state index is 11.3. The molecule has 0 spiro atoms. The molecule has 2 atom stereocenters. The molecule has 1 amide bonds. The van der Waals surface area contributed by atoms with E-state index in [4.69, 9.17) is 5.11 Å². The Kier molecular flexibility index (Phi) is 3.84. The van der Waals surface area contributed by atoms with Gasteiger partial charge < -0.3 is 10.4 Å². The molecule has 12 heavy (non-hydrogen) atoms. The number of aliphatic hydroxyl groups is 1. The van der Waals surface area contributed by atoms with Crippen LogP contribution in [-0.2, 0) is 4.79 Å². The van der Waals surface area contributed by atoms with E-state index in [9.17, 15) is 4.79 Å². The molecule has 1 aliphatic heterocycles. The van der Waals surface area contributed by atoms with Crippen LogP contribution in [0.15, 0.2) is 0 Å². The number of carbonyl (C=O) groups is 1. The second-order valence-corrected chi connectivity index (χ2v) is 3.90. The fourth-order valence-corrected chi connectivity index (χ4v) is 1.88. The number of hydrogen-bond acceptors (Lipinski definition) is 4. The Morgan fingerprint density at radius 2 is 2.67 bits per heavy atom. The van der Waals surface area contributed by atoms with E-state index in [1.54, 1.807) is 18.7 Å². The van der Waals surface area contributed by atoms with Crippen molar-refractivity contribution in [3.05, 3.63) is 0 Å². The topological polar surface area (TPSA) is 61.4 Å². The molecule has 0 aromatic carbocycles. The Morgan fingerprint density at radius 3 is 3.17 bits per heavy atom. The Hall–Kier alpha value is -0.260. The van der Waals surface area contributed by atoms with Crippen LogP contribution in [-0.4, -0.2) is 41.3 Å². The minimum Gasteiger partial charge on any atom is -0.392 e. The Labute approximate surface area is 76.1 Å². The van der Waals surface area contributed by atoms with Crippen molar-refractivity contribution in [3.63, 3.8) is 0 Å². The molecule has 3 N–H and O–H groups in total. The summed E-state index contributed by atoms with van der Waals surface area (Å²) in [5.74, 6) is 1.65. The second kappa shape index (κ2) is 4.69. The van der Waals surface area contributed by atoms with E-state index < -0.39 is 6.10 Å². The van der Waals surface area contributed by atoms with Gasteiger partial charge >= 0.3 is 0 Å². The molecule has 1 saturated heterocycles. The maximum absolute atomic E-state index is 11.3. The van der Waals surface area contributed by atoms with Crippen LogP contribution in [0.2, 0.25) is 0 Å². The van der Waals surface area contributed by atoms with Gasteiger partial charge in [-0.25, -0.2) is 0 Å². The van der Waals surface area contributed by atoms with E-state index in [2.05, 4.69) is 10.6 Å². The van der Waals surface area contributed by atoms with Gasteiger partial charge in [-0.2, -0.15) is 0 Å². The van der Waals surface area contributed by atoms with Crippen LogP contribution in [0, 0.1) is 0 Å². The fraction of sp³-hybridized carbons (Fsp3) is 0.857.